The van der Waals surface area contributed by atoms with E-state index in [4.69, 9.17) is 4.74 Å². The van der Waals surface area contributed by atoms with Crippen molar-refractivity contribution in [3.63, 3.8) is 0 Å². The third-order valence-corrected chi connectivity index (χ3v) is 5.82. The summed E-state index contributed by atoms with van der Waals surface area (Å²) in [5.74, 6) is 0.332. The first-order valence-electron chi connectivity index (χ1n) is 8.79. The molecular weight excluding hydrogens is 396 g/mol. The normalized spacial score (nSPS) is 12.3. The molecule has 0 unspecified atom stereocenters. The van der Waals surface area contributed by atoms with Gasteiger partial charge >= 0.3 is 0 Å². The highest BCUT2D eigenvalue weighted by atomic mass is 32.2. The van der Waals surface area contributed by atoms with Crippen LogP contribution in [-0.4, -0.2) is 46.0 Å². The van der Waals surface area contributed by atoms with E-state index in [1.807, 2.05) is 50.4 Å². The summed E-state index contributed by atoms with van der Waals surface area (Å²) in [6.07, 6.45) is 3.00. The minimum absolute atomic E-state index is 0.271. The number of hydrogen-bond donors (Lipinski definition) is 1. The summed E-state index contributed by atoms with van der Waals surface area (Å²) in [5, 5.41) is 2.79. The predicted octanol–water partition coefficient (Wildman–Crippen LogP) is 3.07. The number of rotatable bonds is 9. The Morgan fingerprint density at radius 2 is 1.89 bits per heavy atom. The van der Waals surface area contributed by atoms with E-state index in [1.165, 1.54) is 11.8 Å². The number of carbonyl (C=O) groups excluding carboxylic acids is 1. The SMILES string of the molecule is CSc1cccc(N(CC(=O)N[C@H](C)COc2ccc(C)cc2)S(C)(=O)=O)c1. The lowest BCUT2D eigenvalue weighted by Crippen LogP contribution is -2.44. The fraction of sp³-hybridized carbons (Fsp3) is 0.350. The number of nitrogens with zero attached hydrogens (tertiary/aromatic N) is 1. The number of carbonyl (C=O) groups is 1. The second-order valence-electron chi connectivity index (χ2n) is 6.56. The summed E-state index contributed by atoms with van der Waals surface area (Å²) in [6, 6.07) is 14.5. The highest BCUT2D eigenvalue weighted by Gasteiger charge is 2.22. The number of aryl methyl sites for hydroxylation is 1. The molecule has 0 spiro atoms. The van der Waals surface area contributed by atoms with Gasteiger partial charge in [0, 0.05) is 4.90 Å². The van der Waals surface area contributed by atoms with Crippen LogP contribution in [0.15, 0.2) is 53.4 Å². The fourth-order valence-electron chi connectivity index (χ4n) is 2.51. The second kappa shape index (κ2) is 9.84. The van der Waals surface area contributed by atoms with Gasteiger partial charge in [-0.1, -0.05) is 23.8 Å². The van der Waals surface area contributed by atoms with Gasteiger partial charge < -0.3 is 10.1 Å². The molecule has 0 heterocycles. The van der Waals surface area contributed by atoms with Gasteiger partial charge in [-0.15, -0.1) is 11.8 Å². The zero-order valence-electron chi connectivity index (χ0n) is 16.5. The van der Waals surface area contributed by atoms with E-state index >= 15 is 0 Å². The van der Waals surface area contributed by atoms with Crippen LogP contribution in [0.1, 0.15) is 12.5 Å². The Morgan fingerprint density at radius 1 is 1.21 bits per heavy atom. The fourth-order valence-corrected chi connectivity index (χ4v) is 3.82. The molecule has 8 heteroatoms. The largest absolute Gasteiger partial charge is 0.491 e. The van der Waals surface area contributed by atoms with E-state index in [2.05, 4.69) is 5.32 Å². The quantitative estimate of drug-likeness (QED) is 0.629. The molecule has 2 aromatic carbocycles. The summed E-state index contributed by atoms with van der Waals surface area (Å²) < 4.78 is 31.2. The van der Waals surface area contributed by atoms with E-state index in [-0.39, 0.29) is 25.1 Å². The highest BCUT2D eigenvalue weighted by molar-refractivity contribution is 7.98. The Kier molecular flexibility index (Phi) is 7.77. The molecule has 0 aliphatic carbocycles. The lowest BCUT2D eigenvalue weighted by molar-refractivity contribution is -0.120. The Hall–Kier alpha value is -2.19. The highest BCUT2D eigenvalue weighted by Crippen LogP contribution is 2.23. The van der Waals surface area contributed by atoms with Crippen LogP contribution in [0.25, 0.3) is 0 Å². The van der Waals surface area contributed by atoms with Gasteiger partial charge in [0.25, 0.3) is 0 Å². The Labute approximate surface area is 171 Å². The average Bonchev–Trinajstić information content (AvgIpc) is 2.65. The topological polar surface area (TPSA) is 75.7 Å². The zero-order valence-corrected chi connectivity index (χ0v) is 18.1. The number of ether oxygens (including phenoxy) is 1. The molecule has 1 amide bonds. The van der Waals surface area contributed by atoms with Crippen LogP contribution in [0.2, 0.25) is 0 Å². The number of anilines is 1. The van der Waals surface area contributed by atoms with Crippen LogP contribution in [0.3, 0.4) is 0 Å². The van der Waals surface area contributed by atoms with Gasteiger partial charge in [0.05, 0.1) is 18.0 Å². The van der Waals surface area contributed by atoms with Crippen molar-refractivity contribution in [1.29, 1.82) is 0 Å². The van der Waals surface area contributed by atoms with Crippen LogP contribution in [0.4, 0.5) is 5.69 Å². The van der Waals surface area contributed by atoms with Gasteiger partial charge in [-0.2, -0.15) is 0 Å². The minimum Gasteiger partial charge on any atom is -0.491 e. The molecule has 2 rings (SSSR count). The molecule has 28 heavy (non-hydrogen) atoms. The van der Waals surface area contributed by atoms with Crippen LogP contribution in [0.5, 0.6) is 5.75 Å². The summed E-state index contributed by atoms with van der Waals surface area (Å²) in [7, 11) is -3.60. The van der Waals surface area contributed by atoms with Crippen molar-refractivity contribution < 1.29 is 17.9 Å². The third kappa shape index (κ3) is 6.76. The van der Waals surface area contributed by atoms with E-state index < -0.39 is 10.0 Å². The van der Waals surface area contributed by atoms with Gasteiger partial charge in [0.15, 0.2) is 0 Å². The van der Waals surface area contributed by atoms with Crippen LogP contribution in [-0.2, 0) is 14.8 Å². The number of benzene rings is 2. The summed E-state index contributed by atoms with van der Waals surface area (Å²) in [4.78, 5) is 13.3. The maximum atomic E-state index is 12.4. The average molecular weight is 423 g/mol. The van der Waals surface area contributed by atoms with E-state index in [1.54, 1.807) is 18.2 Å². The van der Waals surface area contributed by atoms with Crippen LogP contribution < -0.4 is 14.4 Å². The molecule has 0 saturated carbocycles. The van der Waals surface area contributed by atoms with E-state index in [0.29, 0.717) is 5.69 Å². The van der Waals surface area contributed by atoms with Gasteiger partial charge in [0.1, 0.15) is 18.9 Å². The first kappa shape index (κ1) is 22.1. The van der Waals surface area contributed by atoms with Gasteiger partial charge in [-0.25, -0.2) is 8.42 Å². The van der Waals surface area contributed by atoms with Crippen molar-refractivity contribution in [3.05, 3.63) is 54.1 Å². The molecule has 0 aromatic heterocycles. The number of sulfonamides is 1. The van der Waals surface area contributed by atoms with Gasteiger partial charge in [-0.05, 0) is 50.4 Å². The summed E-state index contributed by atoms with van der Waals surface area (Å²) in [6.45, 7) is 3.81. The van der Waals surface area contributed by atoms with E-state index in [9.17, 15) is 13.2 Å². The second-order valence-corrected chi connectivity index (χ2v) is 9.35. The first-order chi connectivity index (χ1) is 13.2. The van der Waals surface area contributed by atoms with Crippen LogP contribution >= 0.6 is 11.8 Å². The maximum absolute atomic E-state index is 12.4. The van der Waals surface area contributed by atoms with Crippen molar-refractivity contribution in [1.82, 2.24) is 5.32 Å². The molecule has 152 valence electrons. The van der Waals surface area contributed by atoms with Crippen molar-refractivity contribution in [2.75, 3.05) is 30.0 Å². The third-order valence-electron chi connectivity index (χ3n) is 3.96. The molecule has 0 bridgehead atoms. The van der Waals surface area contributed by atoms with Crippen molar-refractivity contribution in [3.8, 4) is 5.75 Å². The predicted molar refractivity (Wildman–Crippen MR) is 115 cm³/mol. The molecule has 0 saturated heterocycles. The molecule has 0 aliphatic heterocycles. The number of thioether (sulfide) groups is 1. The van der Waals surface area contributed by atoms with Crippen molar-refractivity contribution in [2.45, 2.75) is 24.8 Å². The molecule has 0 fully saturated rings. The monoisotopic (exact) mass is 422 g/mol. The van der Waals surface area contributed by atoms with E-state index in [0.717, 1.165) is 26.8 Å². The molecule has 0 aliphatic rings. The smallest absolute Gasteiger partial charge is 0.241 e. The molecule has 1 N–H and O–H groups in total. The van der Waals surface area contributed by atoms with Gasteiger partial charge in [-0.3, -0.25) is 9.10 Å². The standard InChI is InChI=1S/C20H26N2O4S2/c1-15-8-10-18(11-9-15)26-14-16(2)21-20(23)13-22(28(4,24)25)17-6-5-7-19(12-17)27-3/h5-12,16H,13-14H2,1-4H3,(H,21,23)/t16-/m1/s1. The van der Waals surface area contributed by atoms with Crippen molar-refractivity contribution in [2.24, 2.45) is 0 Å². The Balaban J connectivity index is 1.98. The lowest BCUT2D eigenvalue weighted by atomic mass is 10.2. The minimum atomic E-state index is -3.60. The maximum Gasteiger partial charge on any atom is 0.241 e. The lowest BCUT2D eigenvalue weighted by Gasteiger charge is -2.23. The molecule has 6 nitrogen and oxygen atoms in total. The number of amides is 1. The van der Waals surface area contributed by atoms with Crippen LogP contribution in [0, 0.1) is 6.92 Å². The Bertz CT molecular complexity index is 899. The van der Waals surface area contributed by atoms with Gasteiger partial charge in [0.2, 0.25) is 15.9 Å². The summed E-state index contributed by atoms with van der Waals surface area (Å²) in [5.41, 5.74) is 1.60. The zero-order chi connectivity index (χ0) is 20.7. The molecule has 1 atom stereocenters. The molecule has 2 aromatic rings. The summed E-state index contributed by atoms with van der Waals surface area (Å²) >= 11 is 1.51. The Morgan fingerprint density at radius 3 is 2.50 bits per heavy atom. The molecular formula is C20H26N2O4S2. The molecule has 0 radical (unpaired) electrons. The number of nitrogens with one attached hydrogen (secondary N) is 1. The number of hydrogen-bond acceptors (Lipinski definition) is 5. The van der Waals surface area contributed by atoms with Crippen molar-refractivity contribution >= 4 is 33.4 Å². The first-order valence-corrected chi connectivity index (χ1v) is 11.9.